The minimum absolute atomic E-state index is 0.432. The first kappa shape index (κ1) is 16.0. The van der Waals surface area contributed by atoms with Crippen molar-refractivity contribution in [3.8, 4) is 0 Å². The maximum absolute atomic E-state index is 10.4. The van der Waals surface area contributed by atoms with E-state index in [4.69, 9.17) is 0 Å². The molecule has 114 valence electrons. The number of aliphatic hydroxyl groups excluding tert-OH is 1. The third kappa shape index (κ3) is 4.81. The van der Waals surface area contributed by atoms with Crippen molar-refractivity contribution in [1.82, 2.24) is 9.80 Å². The summed E-state index contributed by atoms with van der Waals surface area (Å²) < 4.78 is 0. The number of hydrogen-bond donors (Lipinski definition) is 1. The van der Waals surface area contributed by atoms with Crippen LogP contribution in [0, 0.1) is 0 Å². The minimum Gasteiger partial charge on any atom is -0.387 e. The molecule has 0 aliphatic rings. The van der Waals surface area contributed by atoms with E-state index in [-0.39, 0.29) is 0 Å². The molecule has 0 aromatic heterocycles. The molecule has 0 aliphatic heterocycles. The Labute approximate surface area is 127 Å². The summed E-state index contributed by atoms with van der Waals surface area (Å²) in [6.07, 6.45) is 0.687. The van der Waals surface area contributed by atoms with Crippen molar-refractivity contribution in [2.24, 2.45) is 0 Å². The second-order valence-corrected chi connectivity index (χ2v) is 6.04. The fraction of sp³-hybridized carbons (Fsp3) is 0.444. The second kappa shape index (κ2) is 7.55. The number of fused-ring (bicyclic) bond motifs is 1. The zero-order valence-electron chi connectivity index (χ0n) is 13.3. The van der Waals surface area contributed by atoms with Gasteiger partial charge < -0.3 is 14.9 Å². The van der Waals surface area contributed by atoms with E-state index in [1.165, 1.54) is 10.8 Å². The van der Waals surface area contributed by atoms with Gasteiger partial charge in [-0.1, -0.05) is 36.4 Å². The van der Waals surface area contributed by atoms with Crippen LogP contribution in [0.4, 0.5) is 0 Å². The van der Waals surface area contributed by atoms with Crippen LogP contribution in [0.25, 0.3) is 10.8 Å². The van der Waals surface area contributed by atoms with Gasteiger partial charge in [0.2, 0.25) is 0 Å². The highest BCUT2D eigenvalue weighted by Gasteiger charge is 2.11. The van der Waals surface area contributed by atoms with Crippen molar-refractivity contribution in [1.29, 1.82) is 0 Å². The van der Waals surface area contributed by atoms with Gasteiger partial charge in [-0.2, -0.15) is 0 Å². The van der Waals surface area contributed by atoms with E-state index in [2.05, 4.69) is 55.2 Å². The van der Waals surface area contributed by atoms with Crippen molar-refractivity contribution in [3.63, 3.8) is 0 Å². The van der Waals surface area contributed by atoms with Crippen LogP contribution in [0.1, 0.15) is 18.1 Å². The van der Waals surface area contributed by atoms with Gasteiger partial charge in [-0.05, 0) is 63.1 Å². The van der Waals surface area contributed by atoms with E-state index < -0.39 is 6.10 Å². The van der Waals surface area contributed by atoms with E-state index in [0.29, 0.717) is 6.54 Å². The molecule has 0 bridgehead atoms. The van der Waals surface area contributed by atoms with E-state index in [9.17, 15) is 5.11 Å². The average molecular weight is 286 g/mol. The summed E-state index contributed by atoms with van der Waals surface area (Å²) in [7, 11) is 6.24. The van der Waals surface area contributed by atoms with E-state index in [1.54, 1.807) is 0 Å². The molecule has 3 nitrogen and oxygen atoms in total. The molecule has 0 amide bonds. The summed E-state index contributed by atoms with van der Waals surface area (Å²) >= 11 is 0. The Bertz CT molecular complexity index is 568. The molecule has 1 atom stereocenters. The topological polar surface area (TPSA) is 26.7 Å². The van der Waals surface area contributed by atoms with Crippen LogP contribution in [0.5, 0.6) is 0 Å². The first-order valence-corrected chi connectivity index (χ1v) is 7.56. The number of nitrogens with zero attached hydrogens (tertiary/aromatic N) is 2. The van der Waals surface area contributed by atoms with E-state index in [0.717, 1.165) is 25.1 Å². The van der Waals surface area contributed by atoms with Gasteiger partial charge in [-0.25, -0.2) is 0 Å². The Hall–Kier alpha value is -1.42. The Morgan fingerprint density at radius 3 is 2.38 bits per heavy atom. The molecule has 0 fully saturated rings. The summed E-state index contributed by atoms with van der Waals surface area (Å²) in [6, 6.07) is 14.5. The summed E-state index contributed by atoms with van der Waals surface area (Å²) in [6.45, 7) is 2.75. The van der Waals surface area contributed by atoms with Crippen LogP contribution < -0.4 is 0 Å². The summed E-state index contributed by atoms with van der Waals surface area (Å²) in [4.78, 5) is 4.39. The van der Waals surface area contributed by atoms with Gasteiger partial charge in [-0.15, -0.1) is 0 Å². The Balaban J connectivity index is 1.93. The van der Waals surface area contributed by atoms with Gasteiger partial charge in [0.05, 0.1) is 6.10 Å². The van der Waals surface area contributed by atoms with Gasteiger partial charge in [0.15, 0.2) is 0 Å². The van der Waals surface area contributed by atoms with Crippen LogP contribution in [0.2, 0.25) is 0 Å². The van der Waals surface area contributed by atoms with Gasteiger partial charge in [0.1, 0.15) is 0 Å². The molecule has 2 aromatic rings. The molecule has 3 heteroatoms. The number of hydrogen-bond acceptors (Lipinski definition) is 3. The molecule has 0 spiro atoms. The van der Waals surface area contributed by atoms with Gasteiger partial charge in [-0.3, -0.25) is 0 Å². The molecule has 2 rings (SSSR count). The normalized spacial score (nSPS) is 13.2. The van der Waals surface area contributed by atoms with Gasteiger partial charge in [0.25, 0.3) is 0 Å². The molecular weight excluding hydrogens is 260 g/mol. The maximum atomic E-state index is 10.4. The molecule has 0 heterocycles. The second-order valence-electron chi connectivity index (χ2n) is 6.04. The van der Waals surface area contributed by atoms with Crippen molar-refractivity contribution in [3.05, 3.63) is 48.0 Å². The van der Waals surface area contributed by atoms with Crippen molar-refractivity contribution in [2.45, 2.75) is 12.5 Å². The molecular formula is C18H26N2O. The molecule has 1 unspecified atom stereocenters. The molecule has 2 aromatic carbocycles. The fourth-order valence-corrected chi connectivity index (χ4v) is 2.56. The number of rotatable bonds is 7. The first-order valence-electron chi connectivity index (χ1n) is 7.56. The Kier molecular flexibility index (Phi) is 5.74. The maximum Gasteiger partial charge on any atom is 0.0917 e. The first-order chi connectivity index (χ1) is 10.1. The van der Waals surface area contributed by atoms with Crippen molar-refractivity contribution < 1.29 is 5.11 Å². The smallest absolute Gasteiger partial charge is 0.0917 e. The summed E-state index contributed by atoms with van der Waals surface area (Å²) in [5.74, 6) is 0. The lowest BCUT2D eigenvalue weighted by molar-refractivity contribution is 0.125. The van der Waals surface area contributed by atoms with Crippen LogP contribution in [0.3, 0.4) is 0 Å². The largest absolute Gasteiger partial charge is 0.387 e. The van der Waals surface area contributed by atoms with Gasteiger partial charge in [0, 0.05) is 6.54 Å². The van der Waals surface area contributed by atoms with Crippen molar-refractivity contribution in [2.75, 3.05) is 40.8 Å². The summed E-state index contributed by atoms with van der Waals surface area (Å²) in [5, 5.41) is 12.8. The molecule has 0 saturated carbocycles. The lowest BCUT2D eigenvalue weighted by Crippen LogP contribution is -2.27. The Morgan fingerprint density at radius 2 is 1.67 bits per heavy atom. The molecule has 0 saturated heterocycles. The number of aliphatic hydroxyl groups is 1. The van der Waals surface area contributed by atoms with Crippen molar-refractivity contribution >= 4 is 10.8 Å². The predicted octanol–water partition coefficient (Wildman–Crippen LogP) is 2.76. The highest BCUT2D eigenvalue weighted by Crippen LogP contribution is 2.20. The van der Waals surface area contributed by atoms with E-state index in [1.807, 2.05) is 18.2 Å². The average Bonchev–Trinajstić information content (AvgIpc) is 2.46. The third-order valence-corrected chi connectivity index (χ3v) is 3.79. The molecule has 21 heavy (non-hydrogen) atoms. The van der Waals surface area contributed by atoms with Crippen LogP contribution >= 0.6 is 0 Å². The third-order valence-electron chi connectivity index (χ3n) is 3.79. The lowest BCUT2D eigenvalue weighted by Gasteiger charge is -2.21. The van der Waals surface area contributed by atoms with Crippen LogP contribution in [-0.2, 0) is 0 Å². The predicted molar refractivity (Wildman–Crippen MR) is 89.6 cm³/mol. The van der Waals surface area contributed by atoms with Crippen LogP contribution in [0.15, 0.2) is 42.5 Å². The number of likely N-dealkylation sites (N-methyl/N-ethyl adjacent to an activating group) is 1. The Morgan fingerprint density at radius 1 is 0.952 bits per heavy atom. The standard InChI is InChI=1S/C18H26N2O/c1-19(2)11-6-12-20(3)14-18(21)17-10-9-15-7-4-5-8-16(15)13-17/h4-5,7-10,13,18,21H,6,11-12,14H2,1-3H3. The SMILES string of the molecule is CN(C)CCCN(C)CC(O)c1ccc2ccccc2c1. The zero-order chi connectivity index (χ0) is 15.2. The highest BCUT2D eigenvalue weighted by molar-refractivity contribution is 5.83. The zero-order valence-corrected chi connectivity index (χ0v) is 13.3. The highest BCUT2D eigenvalue weighted by atomic mass is 16.3. The summed E-state index contributed by atoms with van der Waals surface area (Å²) in [5.41, 5.74) is 0.994. The monoisotopic (exact) mass is 286 g/mol. The van der Waals surface area contributed by atoms with Gasteiger partial charge >= 0.3 is 0 Å². The number of benzene rings is 2. The molecule has 0 radical (unpaired) electrons. The fourth-order valence-electron chi connectivity index (χ4n) is 2.56. The lowest BCUT2D eigenvalue weighted by atomic mass is 10.0. The van der Waals surface area contributed by atoms with E-state index >= 15 is 0 Å². The molecule has 1 N–H and O–H groups in total. The quantitative estimate of drug-likeness (QED) is 0.848. The minimum atomic E-state index is -0.432. The van der Waals surface area contributed by atoms with Crippen LogP contribution in [-0.4, -0.2) is 55.7 Å². The molecule has 0 aliphatic carbocycles.